The Morgan fingerprint density at radius 3 is 2.76 bits per heavy atom. The minimum Gasteiger partial charge on any atom is -0.486 e. The molecule has 0 aliphatic heterocycles. The largest absolute Gasteiger partial charge is 0.486 e. The van der Waals surface area contributed by atoms with Gasteiger partial charge >= 0.3 is 0 Å². The van der Waals surface area contributed by atoms with Crippen molar-refractivity contribution < 1.29 is 9.15 Å². The molecule has 2 heteroatoms. The van der Waals surface area contributed by atoms with Gasteiger partial charge in [0.15, 0.2) is 0 Å². The Kier molecular flexibility index (Phi) is 2.54. The number of hydrogen-bond donors (Lipinski definition) is 0. The van der Waals surface area contributed by atoms with Crippen LogP contribution in [0.25, 0.3) is 10.8 Å². The molecule has 2 aromatic carbocycles. The molecule has 1 radical (unpaired) electrons. The fourth-order valence-electron chi connectivity index (χ4n) is 1.78. The quantitative estimate of drug-likeness (QED) is 0.673. The molecule has 0 fully saturated rings. The monoisotopic (exact) mass is 223 g/mol. The first-order valence-corrected chi connectivity index (χ1v) is 5.47. The van der Waals surface area contributed by atoms with Crippen LogP contribution in [0.5, 0.6) is 5.75 Å². The van der Waals surface area contributed by atoms with E-state index in [1.807, 2.05) is 48.5 Å². The van der Waals surface area contributed by atoms with Gasteiger partial charge in [-0.15, -0.1) is 0 Å². The zero-order valence-corrected chi connectivity index (χ0v) is 9.22. The number of ether oxygens (including phenoxy) is 1. The summed E-state index contributed by atoms with van der Waals surface area (Å²) in [6, 6.07) is 18.4. The van der Waals surface area contributed by atoms with E-state index in [0.29, 0.717) is 6.61 Å². The summed E-state index contributed by atoms with van der Waals surface area (Å²) < 4.78 is 11.1. The molecule has 0 unspecified atom stereocenters. The van der Waals surface area contributed by atoms with Gasteiger partial charge in [0.25, 0.3) is 0 Å². The van der Waals surface area contributed by atoms with Crippen LogP contribution >= 0.6 is 0 Å². The van der Waals surface area contributed by atoms with E-state index in [0.717, 1.165) is 22.3 Å². The molecule has 0 saturated carbocycles. The van der Waals surface area contributed by atoms with Gasteiger partial charge in [-0.25, -0.2) is 0 Å². The predicted molar refractivity (Wildman–Crippen MR) is 65.8 cm³/mol. The van der Waals surface area contributed by atoms with E-state index in [-0.39, 0.29) is 0 Å². The molecular formula is C15H11O2. The molecule has 2 nitrogen and oxygen atoms in total. The second-order valence-electron chi connectivity index (χ2n) is 3.77. The van der Waals surface area contributed by atoms with Crippen molar-refractivity contribution in [3.63, 3.8) is 0 Å². The predicted octanol–water partition coefficient (Wildman–Crippen LogP) is 3.81. The maximum absolute atomic E-state index is 5.64. The first kappa shape index (κ1) is 9.97. The molecule has 0 amide bonds. The van der Waals surface area contributed by atoms with Gasteiger partial charge in [0, 0.05) is 10.8 Å². The Morgan fingerprint density at radius 2 is 1.88 bits per heavy atom. The van der Waals surface area contributed by atoms with E-state index in [1.54, 1.807) is 6.26 Å². The third kappa shape index (κ3) is 2.02. The van der Waals surface area contributed by atoms with Gasteiger partial charge in [-0.2, -0.15) is 0 Å². The summed E-state index contributed by atoms with van der Waals surface area (Å²) in [5.74, 6) is 1.68. The molecule has 0 aliphatic carbocycles. The molecule has 0 bridgehead atoms. The summed E-state index contributed by atoms with van der Waals surface area (Å²) in [5.41, 5.74) is 0. The second kappa shape index (κ2) is 4.34. The Morgan fingerprint density at radius 1 is 1.06 bits per heavy atom. The van der Waals surface area contributed by atoms with Gasteiger partial charge in [0.05, 0.1) is 6.26 Å². The summed E-state index contributed by atoms with van der Waals surface area (Å²) in [7, 11) is 0. The summed E-state index contributed by atoms with van der Waals surface area (Å²) in [4.78, 5) is 0. The third-order valence-corrected chi connectivity index (χ3v) is 2.65. The minimum atomic E-state index is 0.442. The highest BCUT2D eigenvalue weighted by atomic mass is 16.5. The van der Waals surface area contributed by atoms with Gasteiger partial charge in [0.1, 0.15) is 18.1 Å². The van der Waals surface area contributed by atoms with Crippen LogP contribution in [0, 0.1) is 6.07 Å². The molecule has 1 heterocycles. The molecule has 83 valence electrons. The van der Waals surface area contributed by atoms with Crippen LogP contribution in [0.4, 0.5) is 0 Å². The highest BCUT2D eigenvalue weighted by Crippen LogP contribution is 2.22. The number of benzene rings is 2. The molecule has 1 aromatic heterocycles. The van der Waals surface area contributed by atoms with Crippen LogP contribution in [-0.2, 0) is 6.61 Å². The average molecular weight is 223 g/mol. The SMILES string of the molecule is [c]1ccc(OCc2occ3ccccc23)cc1. The van der Waals surface area contributed by atoms with Crippen LogP contribution in [0.2, 0.25) is 0 Å². The van der Waals surface area contributed by atoms with Crippen LogP contribution in [0.15, 0.2) is 59.2 Å². The molecule has 0 saturated heterocycles. The lowest BCUT2D eigenvalue weighted by Crippen LogP contribution is -1.93. The molecule has 0 N–H and O–H groups in total. The molecule has 17 heavy (non-hydrogen) atoms. The summed E-state index contributed by atoms with van der Waals surface area (Å²) in [6.07, 6.45) is 1.76. The van der Waals surface area contributed by atoms with Crippen molar-refractivity contribution >= 4 is 10.8 Å². The zero-order valence-electron chi connectivity index (χ0n) is 9.22. The van der Waals surface area contributed by atoms with E-state index in [1.165, 1.54) is 0 Å². The molecular weight excluding hydrogens is 212 g/mol. The Balaban J connectivity index is 1.82. The Hall–Kier alpha value is -2.22. The van der Waals surface area contributed by atoms with E-state index < -0.39 is 0 Å². The van der Waals surface area contributed by atoms with E-state index in [2.05, 4.69) is 6.07 Å². The van der Waals surface area contributed by atoms with Gasteiger partial charge in [0.2, 0.25) is 0 Å². The third-order valence-electron chi connectivity index (χ3n) is 2.65. The minimum absolute atomic E-state index is 0.442. The van der Waals surface area contributed by atoms with Crippen molar-refractivity contribution in [3.05, 3.63) is 66.6 Å². The lowest BCUT2D eigenvalue weighted by atomic mass is 10.2. The molecule has 0 aliphatic rings. The van der Waals surface area contributed by atoms with Crippen molar-refractivity contribution in [2.75, 3.05) is 0 Å². The highest BCUT2D eigenvalue weighted by Gasteiger charge is 2.05. The normalized spacial score (nSPS) is 10.6. The summed E-state index contributed by atoms with van der Waals surface area (Å²) in [6.45, 7) is 0.442. The molecule has 3 rings (SSSR count). The second-order valence-corrected chi connectivity index (χ2v) is 3.77. The van der Waals surface area contributed by atoms with Gasteiger partial charge in [-0.05, 0) is 18.2 Å². The van der Waals surface area contributed by atoms with Crippen molar-refractivity contribution in [1.82, 2.24) is 0 Å². The number of fused-ring (bicyclic) bond motifs is 1. The summed E-state index contributed by atoms with van der Waals surface area (Å²) >= 11 is 0. The van der Waals surface area contributed by atoms with Gasteiger partial charge < -0.3 is 9.15 Å². The van der Waals surface area contributed by atoms with Crippen molar-refractivity contribution in [1.29, 1.82) is 0 Å². The molecule has 0 spiro atoms. The first-order valence-electron chi connectivity index (χ1n) is 5.47. The van der Waals surface area contributed by atoms with Gasteiger partial charge in [-0.3, -0.25) is 0 Å². The first-order chi connectivity index (χ1) is 8.43. The number of furan rings is 1. The van der Waals surface area contributed by atoms with Crippen LogP contribution in [0.3, 0.4) is 0 Å². The number of rotatable bonds is 3. The van der Waals surface area contributed by atoms with E-state index in [4.69, 9.17) is 9.15 Å². The van der Waals surface area contributed by atoms with Crippen LogP contribution < -0.4 is 4.74 Å². The van der Waals surface area contributed by atoms with E-state index in [9.17, 15) is 0 Å². The van der Waals surface area contributed by atoms with Crippen molar-refractivity contribution in [2.24, 2.45) is 0 Å². The van der Waals surface area contributed by atoms with Gasteiger partial charge in [-0.1, -0.05) is 36.4 Å². The van der Waals surface area contributed by atoms with E-state index >= 15 is 0 Å². The highest BCUT2D eigenvalue weighted by molar-refractivity contribution is 5.83. The topological polar surface area (TPSA) is 22.4 Å². The molecule has 3 aromatic rings. The van der Waals surface area contributed by atoms with Crippen LogP contribution in [-0.4, -0.2) is 0 Å². The van der Waals surface area contributed by atoms with Crippen molar-refractivity contribution in [3.8, 4) is 5.75 Å². The standard InChI is InChI=1S/C15H11O2/c1-2-7-13(8-3-1)16-11-15-14-9-5-4-6-12(14)10-17-15/h2-10H,11H2. The smallest absolute Gasteiger partial charge is 0.149 e. The average Bonchev–Trinajstić information content (AvgIpc) is 2.81. The fourth-order valence-corrected chi connectivity index (χ4v) is 1.78. The number of hydrogen-bond acceptors (Lipinski definition) is 2. The summed E-state index contributed by atoms with van der Waals surface area (Å²) in [5, 5.41) is 2.21. The lowest BCUT2D eigenvalue weighted by molar-refractivity contribution is 0.272. The fraction of sp³-hybridized carbons (Fsp3) is 0.0667. The molecule has 0 atom stereocenters. The Labute approximate surface area is 99.4 Å². The van der Waals surface area contributed by atoms with Crippen molar-refractivity contribution in [2.45, 2.75) is 6.61 Å². The zero-order chi connectivity index (χ0) is 11.5. The Bertz CT molecular complexity index is 611. The maximum Gasteiger partial charge on any atom is 0.149 e. The maximum atomic E-state index is 5.64. The lowest BCUT2D eigenvalue weighted by Gasteiger charge is -2.03. The van der Waals surface area contributed by atoms with Crippen LogP contribution in [0.1, 0.15) is 5.76 Å².